The van der Waals surface area contributed by atoms with Gasteiger partial charge < -0.3 is 5.11 Å². The van der Waals surface area contributed by atoms with Gasteiger partial charge in [-0.3, -0.25) is 0 Å². The molecule has 0 saturated carbocycles. The van der Waals surface area contributed by atoms with Gasteiger partial charge in [0.25, 0.3) is 0 Å². The maximum atomic E-state index is 13.3. The lowest BCUT2D eigenvalue weighted by atomic mass is 9.99. The minimum Gasteiger partial charge on any atom is -0.374 e. The van der Waals surface area contributed by atoms with E-state index in [1.807, 2.05) is 6.07 Å². The second-order valence-electron chi connectivity index (χ2n) is 7.38. The molecule has 0 amide bonds. The molecular weight excluding hydrogens is 440 g/mol. The SMILES string of the molecule is CCC(O)(c1nnn(Cc2ccc3c(-c4ccc(F)cc4)cc(C#N)nc3c2)n1)C(F)(F)F. The number of hydrogen-bond donors (Lipinski definition) is 1. The smallest absolute Gasteiger partial charge is 0.374 e. The molecule has 7 nitrogen and oxygen atoms in total. The Morgan fingerprint density at radius 3 is 2.45 bits per heavy atom. The van der Waals surface area contributed by atoms with Crippen LogP contribution in [0.1, 0.15) is 30.4 Å². The summed E-state index contributed by atoms with van der Waals surface area (Å²) < 4.78 is 53.1. The minimum absolute atomic E-state index is 0.0368. The Labute approximate surface area is 184 Å². The fraction of sp³-hybridized carbons (Fsp3) is 0.227. The summed E-state index contributed by atoms with van der Waals surface area (Å²) in [5.74, 6) is -1.22. The Bertz CT molecular complexity index is 1360. The molecular formula is C22H16F4N6O. The van der Waals surface area contributed by atoms with Crippen LogP contribution in [-0.2, 0) is 12.1 Å². The first-order valence-corrected chi connectivity index (χ1v) is 9.81. The summed E-state index contributed by atoms with van der Waals surface area (Å²) in [4.78, 5) is 5.24. The zero-order chi connectivity index (χ0) is 23.8. The number of hydrogen-bond acceptors (Lipinski definition) is 6. The van der Waals surface area contributed by atoms with E-state index in [9.17, 15) is 27.9 Å². The predicted molar refractivity (Wildman–Crippen MR) is 109 cm³/mol. The highest BCUT2D eigenvalue weighted by Gasteiger charge is 2.57. The van der Waals surface area contributed by atoms with E-state index < -0.39 is 24.0 Å². The number of benzene rings is 2. The molecule has 1 unspecified atom stereocenters. The van der Waals surface area contributed by atoms with Gasteiger partial charge in [-0.25, -0.2) is 9.37 Å². The first-order chi connectivity index (χ1) is 15.6. The number of fused-ring (bicyclic) bond motifs is 1. The van der Waals surface area contributed by atoms with E-state index in [0.717, 1.165) is 4.80 Å². The number of nitrogens with zero attached hydrogens (tertiary/aromatic N) is 6. The van der Waals surface area contributed by atoms with Crippen molar-refractivity contribution in [3.05, 3.63) is 71.4 Å². The van der Waals surface area contributed by atoms with Gasteiger partial charge in [-0.05, 0) is 52.6 Å². The molecule has 11 heteroatoms. The van der Waals surface area contributed by atoms with Crippen LogP contribution in [0, 0.1) is 17.1 Å². The lowest BCUT2D eigenvalue weighted by molar-refractivity contribution is -0.270. The molecule has 0 saturated heterocycles. The summed E-state index contributed by atoms with van der Waals surface area (Å²) in [5, 5.41) is 30.8. The Hall–Kier alpha value is -3.91. The Morgan fingerprint density at radius 1 is 1.09 bits per heavy atom. The largest absolute Gasteiger partial charge is 0.424 e. The number of tetrazole rings is 1. The second kappa shape index (κ2) is 8.22. The maximum Gasteiger partial charge on any atom is 0.424 e. The third-order valence-corrected chi connectivity index (χ3v) is 5.27. The van der Waals surface area contributed by atoms with Crippen molar-refractivity contribution in [1.82, 2.24) is 25.2 Å². The van der Waals surface area contributed by atoms with Crippen LogP contribution in [0.4, 0.5) is 17.6 Å². The molecule has 168 valence electrons. The molecule has 0 aliphatic carbocycles. The topological polar surface area (TPSA) is 101 Å². The van der Waals surface area contributed by atoms with Crippen LogP contribution in [0.3, 0.4) is 0 Å². The molecule has 33 heavy (non-hydrogen) atoms. The molecule has 2 aromatic carbocycles. The van der Waals surface area contributed by atoms with Gasteiger partial charge in [0.1, 0.15) is 17.6 Å². The highest BCUT2D eigenvalue weighted by molar-refractivity contribution is 5.95. The standard InChI is InChI=1S/C22H16F4N6O/c1-2-21(33,22(24,25)26)20-29-31-32(30-20)12-13-3-8-17-18(14-4-6-15(23)7-5-14)10-16(11-27)28-19(17)9-13/h3-10,33H,2,12H2,1H3. The zero-order valence-corrected chi connectivity index (χ0v) is 17.2. The van der Waals surface area contributed by atoms with Crippen LogP contribution < -0.4 is 0 Å². The van der Waals surface area contributed by atoms with Crippen LogP contribution in [0.25, 0.3) is 22.0 Å². The Kier molecular flexibility index (Phi) is 5.55. The monoisotopic (exact) mass is 456 g/mol. The normalized spacial score (nSPS) is 13.6. The van der Waals surface area contributed by atoms with Crippen molar-refractivity contribution in [3.63, 3.8) is 0 Å². The fourth-order valence-corrected chi connectivity index (χ4v) is 3.42. The molecule has 0 spiro atoms. The summed E-state index contributed by atoms with van der Waals surface area (Å²) in [6, 6.07) is 14.5. The van der Waals surface area contributed by atoms with Gasteiger partial charge in [-0.2, -0.15) is 23.2 Å². The van der Waals surface area contributed by atoms with Crippen LogP contribution in [0.2, 0.25) is 0 Å². The highest BCUT2D eigenvalue weighted by Crippen LogP contribution is 2.39. The van der Waals surface area contributed by atoms with Gasteiger partial charge in [0.2, 0.25) is 11.4 Å². The molecule has 4 rings (SSSR count). The van der Waals surface area contributed by atoms with E-state index in [1.54, 1.807) is 36.4 Å². The number of rotatable bonds is 5. The second-order valence-corrected chi connectivity index (χ2v) is 7.38. The van der Waals surface area contributed by atoms with Gasteiger partial charge >= 0.3 is 6.18 Å². The van der Waals surface area contributed by atoms with Crippen molar-refractivity contribution in [1.29, 1.82) is 5.26 Å². The molecule has 2 heterocycles. The molecule has 4 aromatic rings. The van der Waals surface area contributed by atoms with Crippen LogP contribution in [0.15, 0.2) is 48.5 Å². The summed E-state index contributed by atoms with van der Waals surface area (Å²) in [7, 11) is 0. The average Bonchev–Trinajstić information content (AvgIpc) is 3.26. The van der Waals surface area contributed by atoms with Gasteiger partial charge in [-0.1, -0.05) is 31.2 Å². The van der Waals surface area contributed by atoms with Crippen molar-refractivity contribution in [2.75, 3.05) is 0 Å². The van der Waals surface area contributed by atoms with Crippen molar-refractivity contribution < 1.29 is 22.7 Å². The van der Waals surface area contributed by atoms with E-state index in [-0.39, 0.29) is 18.1 Å². The van der Waals surface area contributed by atoms with Gasteiger partial charge in [0.15, 0.2) is 0 Å². The number of pyridine rings is 1. The molecule has 0 aliphatic heterocycles. The van der Waals surface area contributed by atoms with Gasteiger partial charge in [0, 0.05) is 5.39 Å². The van der Waals surface area contributed by atoms with Crippen molar-refractivity contribution in [3.8, 4) is 17.2 Å². The number of nitriles is 1. The van der Waals surface area contributed by atoms with Gasteiger partial charge in [-0.15, -0.1) is 10.2 Å². The quantitative estimate of drug-likeness (QED) is 0.454. The third kappa shape index (κ3) is 4.12. The number of halogens is 4. The zero-order valence-electron chi connectivity index (χ0n) is 17.2. The summed E-state index contributed by atoms with van der Waals surface area (Å²) in [6.45, 7) is 1.14. The van der Waals surface area contributed by atoms with E-state index >= 15 is 0 Å². The summed E-state index contributed by atoms with van der Waals surface area (Å²) in [6.07, 6.45) is -5.61. The number of alkyl halides is 3. The van der Waals surface area contributed by atoms with Crippen molar-refractivity contribution >= 4 is 10.9 Å². The predicted octanol–water partition coefficient (Wildman–Crippen LogP) is 4.11. The Morgan fingerprint density at radius 2 is 1.82 bits per heavy atom. The van der Waals surface area contributed by atoms with E-state index in [4.69, 9.17) is 0 Å². The minimum atomic E-state index is -4.95. The lowest BCUT2D eigenvalue weighted by Gasteiger charge is -2.25. The number of aliphatic hydroxyl groups is 1. The summed E-state index contributed by atoms with van der Waals surface area (Å²) in [5.41, 5.74) is -0.609. The number of aromatic nitrogens is 5. The van der Waals surface area contributed by atoms with Crippen LogP contribution >= 0.6 is 0 Å². The van der Waals surface area contributed by atoms with Crippen LogP contribution in [0.5, 0.6) is 0 Å². The molecule has 1 N–H and O–H groups in total. The van der Waals surface area contributed by atoms with E-state index in [0.29, 0.717) is 27.6 Å². The third-order valence-electron chi connectivity index (χ3n) is 5.27. The molecule has 0 aliphatic rings. The molecule has 0 bridgehead atoms. The maximum absolute atomic E-state index is 13.3. The fourth-order valence-electron chi connectivity index (χ4n) is 3.42. The van der Waals surface area contributed by atoms with Crippen molar-refractivity contribution in [2.45, 2.75) is 31.7 Å². The van der Waals surface area contributed by atoms with Crippen LogP contribution in [-0.4, -0.2) is 36.5 Å². The molecule has 0 fully saturated rings. The molecule has 2 aromatic heterocycles. The van der Waals surface area contributed by atoms with Crippen molar-refractivity contribution in [2.24, 2.45) is 0 Å². The molecule has 0 radical (unpaired) electrons. The summed E-state index contributed by atoms with van der Waals surface area (Å²) >= 11 is 0. The van der Waals surface area contributed by atoms with Gasteiger partial charge in [0.05, 0.1) is 12.1 Å². The highest BCUT2D eigenvalue weighted by atomic mass is 19.4. The van der Waals surface area contributed by atoms with E-state index in [1.165, 1.54) is 19.1 Å². The Balaban J connectivity index is 1.71. The lowest BCUT2D eigenvalue weighted by Crippen LogP contribution is -2.42. The first kappa shape index (κ1) is 22.3. The first-order valence-electron chi connectivity index (χ1n) is 9.81. The molecule has 1 atom stereocenters. The van der Waals surface area contributed by atoms with E-state index in [2.05, 4.69) is 20.4 Å². The average molecular weight is 456 g/mol.